The fourth-order valence-electron chi connectivity index (χ4n) is 2.73. The molecule has 134 valence electrons. The van der Waals surface area contributed by atoms with Crippen LogP contribution in [0.3, 0.4) is 0 Å². The lowest BCUT2D eigenvalue weighted by Crippen LogP contribution is -3.10. The summed E-state index contributed by atoms with van der Waals surface area (Å²) in [5, 5.41) is 4.94. The van der Waals surface area contributed by atoms with Gasteiger partial charge in [-0.05, 0) is 54.8 Å². The van der Waals surface area contributed by atoms with Crippen molar-refractivity contribution >= 4 is 28.7 Å². The van der Waals surface area contributed by atoms with E-state index in [9.17, 15) is 9.59 Å². The van der Waals surface area contributed by atoms with Crippen molar-refractivity contribution in [1.29, 1.82) is 0 Å². The lowest BCUT2D eigenvalue weighted by molar-refractivity contribution is -0.920. The summed E-state index contributed by atoms with van der Waals surface area (Å²) in [5.74, 6) is 0.793. The minimum atomic E-state index is -0.0707. The second kappa shape index (κ2) is 8.60. The number of carbonyl (C=O) groups is 2. The molecule has 6 heteroatoms. The Labute approximate surface area is 156 Å². The Balaban J connectivity index is 1.63. The number of ketones is 1. The third kappa shape index (κ3) is 5.15. The molecule has 0 bridgehead atoms. The van der Waals surface area contributed by atoms with Crippen molar-refractivity contribution in [2.24, 2.45) is 0 Å². The van der Waals surface area contributed by atoms with Crippen molar-refractivity contribution in [2.45, 2.75) is 20.0 Å². The highest BCUT2D eigenvalue weighted by Gasteiger charge is 2.17. The van der Waals surface area contributed by atoms with Gasteiger partial charge in [0, 0.05) is 11.3 Å². The van der Waals surface area contributed by atoms with Crippen LogP contribution in [0.1, 0.15) is 27.9 Å². The van der Waals surface area contributed by atoms with Crippen LogP contribution in [0.4, 0.5) is 5.69 Å². The first-order valence-corrected chi connectivity index (χ1v) is 9.27. The van der Waals surface area contributed by atoms with Crippen LogP contribution in [0.2, 0.25) is 0 Å². The summed E-state index contributed by atoms with van der Waals surface area (Å²) >= 11 is 1.68. The van der Waals surface area contributed by atoms with E-state index in [-0.39, 0.29) is 11.7 Å². The number of carbonyl (C=O) groups excluding carboxylic acids is 2. The van der Waals surface area contributed by atoms with Crippen LogP contribution in [0.25, 0.3) is 0 Å². The molecular formula is C20H21N2O3S+. The number of furan rings is 1. The first-order valence-electron chi connectivity index (χ1n) is 8.39. The molecule has 0 saturated heterocycles. The predicted molar refractivity (Wildman–Crippen MR) is 101 cm³/mol. The lowest BCUT2D eigenvalue weighted by Gasteiger charge is -2.17. The van der Waals surface area contributed by atoms with E-state index in [4.69, 9.17) is 4.42 Å². The van der Waals surface area contributed by atoms with Gasteiger partial charge in [0.05, 0.1) is 11.1 Å². The number of amides is 1. The standard InChI is InChI=1S/C20H20N2O3S/c1-15(23)16-6-8-17(9-7-16)21-20(24)14-22(12-18-4-2-10-25-18)13-19-5-3-11-26-19/h2-11H,12-14H2,1H3,(H,21,24)/p+1. The Bertz CT molecular complexity index is 804. The van der Waals surface area contributed by atoms with Gasteiger partial charge in [0.2, 0.25) is 0 Å². The van der Waals surface area contributed by atoms with E-state index in [0.29, 0.717) is 24.3 Å². The van der Waals surface area contributed by atoms with Gasteiger partial charge >= 0.3 is 0 Å². The van der Waals surface area contributed by atoms with Crippen molar-refractivity contribution in [2.75, 3.05) is 11.9 Å². The first kappa shape index (κ1) is 18.1. The summed E-state index contributed by atoms with van der Waals surface area (Å²) in [6, 6.07) is 14.8. The van der Waals surface area contributed by atoms with Crippen LogP contribution in [0.5, 0.6) is 0 Å². The van der Waals surface area contributed by atoms with Gasteiger partial charge in [0.25, 0.3) is 5.91 Å². The van der Waals surface area contributed by atoms with Crippen molar-refractivity contribution in [3.63, 3.8) is 0 Å². The molecule has 0 saturated carbocycles. The topological polar surface area (TPSA) is 63.8 Å². The zero-order valence-electron chi connectivity index (χ0n) is 14.5. The molecule has 1 unspecified atom stereocenters. The highest BCUT2D eigenvalue weighted by atomic mass is 32.1. The lowest BCUT2D eigenvalue weighted by atomic mass is 10.1. The van der Waals surface area contributed by atoms with Gasteiger partial charge in [-0.25, -0.2) is 0 Å². The number of benzene rings is 1. The average molecular weight is 369 g/mol. The molecule has 3 rings (SSSR count). The number of hydrogen-bond acceptors (Lipinski definition) is 4. The van der Waals surface area contributed by atoms with E-state index >= 15 is 0 Å². The Morgan fingerprint density at radius 3 is 2.50 bits per heavy atom. The first-order chi connectivity index (χ1) is 12.6. The molecule has 0 aliphatic heterocycles. The van der Waals surface area contributed by atoms with Crippen LogP contribution in [0, 0.1) is 0 Å². The molecule has 1 amide bonds. The molecule has 2 aromatic heterocycles. The Morgan fingerprint density at radius 1 is 1.08 bits per heavy atom. The number of Topliss-reactive ketones (excluding diaryl/α,β-unsaturated/α-hetero) is 1. The smallest absolute Gasteiger partial charge is 0.279 e. The van der Waals surface area contributed by atoms with Crippen molar-refractivity contribution < 1.29 is 18.9 Å². The van der Waals surface area contributed by atoms with Crippen molar-refractivity contribution in [1.82, 2.24) is 0 Å². The molecule has 2 N–H and O–H groups in total. The van der Waals surface area contributed by atoms with Gasteiger partial charge in [-0.3, -0.25) is 9.59 Å². The second-order valence-corrected chi connectivity index (χ2v) is 7.15. The minimum Gasteiger partial charge on any atom is -0.463 e. The molecule has 5 nitrogen and oxygen atoms in total. The molecule has 0 radical (unpaired) electrons. The highest BCUT2D eigenvalue weighted by molar-refractivity contribution is 7.09. The van der Waals surface area contributed by atoms with Crippen LogP contribution >= 0.6 is 11.3 Å². The Morgan fingerprint density at radius 2 is 1.88 bits per heavy atom. The zero-order chi connectivity index (χ0) is 18.4. The van der Waals surface area contributed by atoms with Gasteiger partial charge < -0.3 is 14.6 Å². The van der Waals surface area contributed by atoms with Crippen LogP contribution in [-0.4, -0.2) is 18.2 Å². The molecule has 0 aliphatic rings. The van der Waals surface area contributed by atoms with Crippen LogP contribution in [0.15, 0.2) is 64.6 Å². The monoisotopic (exact) mass is 369 g/mol. The normalized spacial score (nSPS) is 11.9. The molecule has 1 atom stereocenters. The highest BCUT2D eigenvalue weighted by Crippen LogP contribution is 2.10. The number of rotatable bonds is 8. The van der Waals surface area contributed by atoms with E-state index in [1.807, 2.05) is 23.6 Å². The van der Waals surface area contributed by atoms with Gasteiger partial charge in [0.1, 0.15) is 13.1 Å². The largest absolute Gasteiger partial charge is 0.463 e. The maximum absolute atomic E-state index is 12.5. The molecule has 0 spiro atoms. The van der Waals surface area contributed by atoms with Gasteiger partial charge in [-0.2, -0.15) is 0 Å². The van der Waals surface area contributed by atoms with Gasteiger partial charge in [-0.15, -0.1) is 11.3 Å². The summed E-state index contributed by atoms with van der Waals surface area (Å²) in [4.78, 5) is 26.1. The summed E-state index contributed by atoms with van der Waals surface area (Å²) in [5.41, 5.74) is 1.32. The average Bonchev–Trinajstić information content (AvgIpc) is 3.29. The number of nitrogens with one attached hydrogen (secondary N) is 2. The van der Waals surface area contributed by atoms with Crippen LogP contribution < -0.4 is 10.2 Å². The van der Waals surface area contributed by atoms with Crippen LogP contribution in [-0.2, 0) is 17.9 Å². The molecular weight excluding hydrogens is 348 g/mol. The summed E-state index contributed by atoms with van der Waals surface area (Å²) in [7, 11) is 0. The Hall–Kier alpha value is -2.70. The minimum absolute atomic E-state index is 0.00731. The molecule has 2 heterocycles. The number of thiophene rings is 1. The Kier molecular flexibility index (Phi) is 5.99. The van der Waals surface area contributed by atoms with E-state index in [1.54, 1.807) is 41.9 Å². The van der Waals surface area contributed by atoms with E-state index < -0.39 is 0 Å². The molecule has 26 heavy (non-hydrogen) atoms. The summed E-state index contributed by atoms with van der Waals surface area (Å²) in [6.45, 7) is 3.25. The fourth-order valence-corrected chi connectivity index (χ4v) is 3.50. The van der Waals surface area contributed by atoms with E-state index in [1.165, 1.54) is 11.8 Å². The zero-order valence-corrected chi connectivity index (χ0v) is 15.3. The fraction of sp³-hybridized carbons (Fsp3) is 0.200. The quantitative estimate of drug-likeness (QED) is 0.600. The molecule has 3 aromatic rings. The predicted octanol–water partition coefficient (Wildman–Crippen LogP) is 2.77. The van der Waals surface area contributed by atoms with Crippen molar-refractivity contribution in [3.05, 3.63) is 76.4 Å². The maximum Gasteiger partial charge on any atom is 0.279 e. The van der Waals surface area contributed by atoms with Crippen molar-refractivity contribution in [3.8, 4) is 0 Å². The SMILES string of the molecule is CC(=O)c1ccc(NC(=O)C[NH+](Cc2ccco2)Cc2cccs2)cc1. The third-order valence-electron chi connectivity index (χ3n) is 3.99. The summed E-state index contributed by atoms with van der Waals surface area (Å²) < 4.78 is 5.44. The van der Waals surface area contributed by atoms with Gasteiger partial charge in [-0.1, -0.05) is 6.07 Å². The molecule has 0 aliphatic carbocycles. The number of hydrogen-bond donors (Lipinski definition) is 2. The maximum atomic E-state index is 12.5. The van der Waals surface area contributed by atoms with E-state index in [0.717, 1.165) is 17.2 Å². The summed E-state index contributed by atoms with van der Waals surface area (Å²) in [6.07, 6.45) is 1.65. The molecule has 1 aromatic carbocycles. The third-order valence-corrected chi connectivity index (χ3v) is 4.87. The van der Waals surface area contributed by atoms with E-state index in [2.05, 4.69) is 11.4 Å². The number of anilines is 1. The molecule has 0 fully saturated rings. The van der Waals surface area contributed by atoms with Gasteiger partial charge in [0.15, 0.2) is 18.1 Å². The number of quaternary nitrogens is 1. The second-order valence-electron chi connectivity index (χ2n) is 6.12.